The number of nitrogens with one attached hydrogen (secondary N) is 1. The van der Waals surface area contributed by atoms with Crippen molar-refractivity contribution in [2.75, 3.05) is 5.32 Å². The van der Waals surface area contributed by atoms with Gasteiger partial charge in [-0.1, -0.05) is 11.6 Å². The molecule has 1 aromatic carbocycles. The molecule has 29 heavy (non-hydrogen) atoms. The average Bonchev–Trinajstić information content (AvgIpc) is 2.60. The van der Waals surface area contributed by atoms with Gasteiger partial charge < -0.3 is 11.1 Å². The zero-order valence-electron chi connectivity index (χ0n) is 15.8. The maximum absolute atomic E-state index is 13.6. The third kappa shape index (κ3) is 3.88. The summed E-state index contributed by atoms with van der Waals surface area (Å²) in [6, 6.07) is 3.95. The fraction of sp³-hybridized carbons (Fsp3) is 0.211. The molecule has 3 aromatic rings. The van der Waals surface area contributed by atoms with Crippen LogP contribution in [0, 0.1) is 5.82 Å². The molecular formula is C19H18ClFN4O3S. The van der Waals surface area contributed by atoms with E-state index in [1.165, 1.54) is 30.6 Å². The number of carbonyl (C=O) groups excluding carboxylic acids is 1. The van der Waals surface area contributed by atoms with Crippen molar-refractivity contribution >= 4 is 49.6 Å². The van der Waals surface area contributed by atoms with Crippen molar-refractivity contribution in [3.63, 3.8) is 0 Å². The van der Waals surface area contributed by atoms with Crippen LogP contribution in [-0.2, 0) is 9.84 Å². The SMILES string of the molecule is CC(C)(C)S(=O)(=O)c1cc(Cl)cc2c(Nc3cncc(F)c3)c(C(N)=O)cnc12. The van der Waals surface area contributed by atoms with E-state index in [9.17, 15) is 17.6 Å². The molecule has 10 heteroatoms. The zero-order chi connectivity index (χ0) is 21.6. The van der Waals surface area contributed by atoms with Gasteiger partial charge in [0.1, 0.15) is 5.82 Å². The Morgan fingerprint density at radius 1 is 1.17 bits per heavy atom. The maximum Gasteiger partial charge on any atom is 0.252 e. The lowest BCUT2D eigenvalue weighted by Crippen LogP contribution is -2.28. The second-order valence-corrected chi connectivity index (χ2v) is 10.5. The number of aromatic nitrogens is 2. The molecule has 0 unspecified atom stereocenters. The Bertz CT molecular complexity index is 1240. The summed E-state index contributed by atoms with van der Waals surface area (Å²) in [6.45, 7) is 4.68. The van der Waals surface area contributed by atoms with Crippen molar-refractivity contribution in [3.05, 3.63) is 53.2 Å². The number of benzene rings is 1. The van der Waals surface area contributed by atoms with Crippen LogP contribution in [0.15, 0.2) is 41.7 Å². The number of fused-ring (bicyclic) bond motifs is 1. The molecule has 0 aliphatic carbocycles. The molecule has 0 atom stereocenters. The number of nitrogens with two attached hydrogens (primary N) is 1. The van der Waals surface area contributed by atoms with E-state index in [4.69, 9.17) is 17.3 Å². The minimum atomic E-state index is -3.82. The Balaban J connectivity index is 2.37. The van der Waals surface area contributed by atoms with Crippen molar-refractivity contribution in [2.24, 2.45) is 5.73 Å². The number of halogens is 2. The number of carbonyl (C=O) groups is 1. The van der Waals surface area contributed by atoms with E-state index < -0.39 is 26.3 Å². The summed E-state index contributed by atoms with van der Waals surface area (Å²) in [6.07, 6.45) is 3.54. The number of nitrogens with zero attached hydrogens (tertiary/aromatic N) is 2. The summed E-state index contributed by atoms with van der Waals surface area (Å²) < 4.78 is 38.6. The second-order valence-electron chi connectivity index (χ2n) is 7.34. The summed E-state index contributed by atoms with van der Waals surface area (Å²) in [4.78, 5) is 19.8. The Morgan fingerprint density at radius 3 is 2.45 bits per heavy atom. The summed E-state index contributed by atoms with van der Waals surface area (Å²) >= 11 is 6.20. The highest BCUT2D eigenvalue weighted by molar-refractivity contribution is 7.93. The van der Waals surface area contributed by atoms with Crippen molar-refractivity contribution in [2.45, 2.75) is 30.4 Å². The second kappa shape index (κ2) is 7.23. The number of rotatable bonds is 4. The van der Waals surface area contributed by atoms with Gasteiger partial charge in [-0.25, -0.2) is 12.8 Å². The molecule has 0 radical (unpaired) electrons. The third-order valence-corrected chi connectivity index (χ3v) is 6.96. The summed E-state index contributed by atoms with van der Waals surface area (Å²) in [5, 5.41) is 3.27. The molecule has 0 saturated carbocycles. The van der Waals surface area contributed by atoms with Crippen LogP contribution in [0.25, 0.3) is 10.9 Å². The fourth-order valence-electron chi connectivity index (χ4n) is 2.72. The van der Waals surface area contributed by atoms with E-state index in [2.05, 4.69) is 15.3 Å². The van der Waals surface area contributed by atoms with E-state index >= 15 is 0 Å². The Morgan fingerprint density at radius 2 is 1.86 bits per heavy atom. The van der Waals surface area contributed by atoms with Crippen LogP contribution in [0.5, 0.6) is 0 Å². The van der Waals surface area contributed by atoms with E-state index in [0.29, 0.717) is 0 Å². The molecule has 0 aliphatic rings. The normalized spacial score (nSPS) is 12.2. The molecule has 3 N–H and O–H groups in total. The number of hydrogen-bond acceptors (Lipinski definition) is 6. The van der Waals surface area contributed by atoms with Crippen LogP contribution in [0.3, 0.4) is 0 Å². The molecule has 0 aliphatic heterocycles. The average molecular weight is 437 g/mol. The predicted molar refractivity (Wildman–Crippen MR) is 110 cm³/mol. The van der Waals surface area contributed by atoms with Gasteiger partial charge in [0.15, 0.2) is 9.84 Å². The molecule has 7 nitrogen and oxygen atoms in total. The predicted octanol–water partition coefficient (Wildman–Crippen LogP) is 3.84. The standard InChI is InChI=1S/C19H18ClFN4O3S/c1-19(2,3)29(27,28)15-5-10(20)4-13-16(14(18(22)26)9-24-17(13)15)25-12-6-11(21)7-23-8-12/h4-9H,1-3H3,(H2,22,26)(H,24,25). The van der Waals surface area contributed by atoms with Gasteiger partial charge in [0.2, 0.25) is 0 Å². The summed E-state index contributed by atoms with van der Waals surface area (Å²) in [5.74, 6) is -1.39. The smallest absolute Gasteiger partial charge is 0.252 e. The first-order valence-electron chi connectivity index (χ1n) is 8.46. The third-order valence-electron chi connectivity index (χ3n) is 4.24. The van der Waals surface area contributed by atoms with E-state index in [1.54, 1.807) is 20.8 Å². The van der Waals surface area contributed by atoms with Crippen molar-refractivity contribution in [3.8, 4) is 0 Å². The monoisotopic (exact) mass is 436 g/mol. The van der Waals surface area contributed by atoms with Gasteiger partial charge in [0.25, 0.3) is 5.91 Å². The van der Waals surface area contributed by atoms with Crippen LogP contribution in [0.2, 0.25) is 5.02 Å². The maximum atomic E-state index is 13.6. The lowest BCUT2D eigenvalue weighted by molar-refractivity contribution is 0.100. The molecule has 0 saturated heterocycles. The first-order chi connectivity index (χ1) is 13.4. The Kier molecular flexibility index (Phi) is 5.22. The molecule has 0 spiro atoms. The summed E-state index contributed by atoms with van der Waals surface area (Å²) in [5.41, 5.74) is 5.95. The van der Waals surface area contributed by atoms with E-state index in [-0.39, 0.29) is 37.8 Å². The van der Waals surface area contributed by atoms with Gasteiger partial charge in [-0.15, -0.1) is 0 Å². The lowest BCUT2D eigenvalue weighted by atomic mass is 10.1. The van der Waals surface area contributed by atoms with Crippen molar-refractivity contribution in [1.29, 1.82) is 0 Å². The number of hydrogen-bond donors (Lipinski definition) is 2. The Hall–Kier alpha value is -2.78. The van der Waals surface area contributed by atoms with Crippen LogP contribution in [-0.4, -0.2) is 29.0 Å². The molecular weight excluding hydrogens is 419 g/mol. The molecule has 2 heterocycles. The number of primary amides is 1. The molecule has 3 rings (SSSR count). The molecule has 0 bridgehead atoms. The van der Waals surface area contributed by atoms with Crippen LogP contribution in [0.4, 0.5) is 15.8 Å². The van der Waals surface area contributed by atoms with Crippen LogP contribution >= 0.6 is 11.6 Å². The van der Waals surface area contributed by atoms with Gasteiger partial charge in [0, 0.05) is 22.7 Å². The topological polar surface area (TPSA) is 115 Å². The van der Waals surface area contributed by atoms with Crippen LogP contribution in [0.1, 0.15) is 31.1 Å². The quantitative estimate of drug-likeness (QED) is 0.642. The first-order valence-corrected chi connectivity index (χ1v) is 10.3. The molecule has 1 amide bonds. The van der Waals surface area contributed by atoms with Gasteiger partial charge in [-0.05, 0) is 32.9 Å². The van der Waals surface area contributed by atoms with Crippen molar-refractivity contribution in [1.82, 2.24) is 9.97 Å². The largest absolute Gasteiger partial charge is 0.365 e. The fourth-order valence-corrected chi connectivity index (χ4v) is 4.36. The molecule has 0 fully saturated rings. The number of amides is 1. The first kappa shape index (κ1) is 20.9. The van der Waals surface area contributed by atoms with Gasteiger partial charge in [0.05, 0.1) is 44.5 Å². The van der Waals surface area contributed by atoms with E-state index in [0.717, 1.165) is 6.20 Å². The number of sulfone groups is 1. The van der Waals surface area contributed by atoms with Gasteiger partial charge in [-0.2, -0.15) is 0 Å². The lowest BCUT2D eigenvalue weighted by Gasteiger charge is -2.21. The highest BCUT2D eigenvalue weighted by Gasteiger charge is 2.33. The molecule has 152 valence electrons. The number of pyridine rings is 2. The minimum Gasteiger partial charge on any atom is -0.365 e. The van der Waals surface area contributed by atoms with Gasteiger partial charge >= 0.3 is 0 Å². The minimum absolute atomic E-state index is 0.0110. The van der Waals surface area contributed by atoms with E-state index in [1.807, 2.05) is 0 Å². The van der Waals surface area contributed by atoms with Gasteiger partial charge in [-0.3, -0.25) is 14.8 Å². The highest BCUT2D eigenvalue weighted by Crippen LogP contribution is 2.37. The number of anilines is 2. The van der Waals surface area contributed by atoms with Crippen LogP contribution < -0.4 is 11.1 Å². The Labute approximate surface area is 172 Å². The zero-order valence-corrected chi connectivity index (χ0v) is 17.4. The highest BCUT2D eigenvalue weighted by atomic mass is 35.5. The van der Waals surface area contributed by atoms with Crippen molar-refractivity contribution < 1.29 is 17.6 Å². The summed E-state index contributed by atoms with van der Waals surface area (Å²) in [7, 11) is -3.82. The molecule has 2 aromatic heterocycles.